The number of benzene rings is 1. The van der Waals surface area contributed by atoms with Crippen LogP contribution < -0.4 is 0 Å². The predicted octanol–water partition coefficient (Wildman–Crippen LogP) is 5.87. The summed E-state index contributed by atoms with van der Waals surface area (Å²) in [6.45, 7) is 4.18. The number of fused-ring (bicyclic) bond motifs is 1. The van der Waals surface area contributed by atoms with E-state index in [1.807, 2.05) is 29.0 Å². The van der Waals surface area contributed by atoms with Gasteiger partial charge < -0.3 is 0 Å². The lowest BCUT2D eigenvalue weighted by atomic mass is 9.81. The van der Waals surface area contributed by atoms with Crippen molar-refractivity contribution in [2.45, 2.75) is 45.4 Å². The zero-order valence-electron chi connectivity index (χ0n) is 17.9. The van der Waals surface area contributed by atoms with Crippen LogP contribution in [0.3, 0.4) is 0 Å². The highest BCUT2D eigenvalue weighted by Gasteiger charge is 2.24. The maximum absolute atomic E-state index is 9.19. The van der Waals surface area contributed by atoms with Crippen LogP contribution in [0, 0.1) is 31.1 Å². The van der Waals surface area contributed by atoms with Crippen LogP contribution in [-0.4, -0.2) is 19.6 Å². The van der Waals surface area contributed by atoms with E-state index in [1.165, 1.54) is 5.56 Å². The minimum absolute atomic E-state index is 0.199. The summed E-state index contributed by atoms with van der Waals surface area (Å²) in [6, 6.07) is 17.0. The molecule has 0 aliphatic heterocycles. The van der Waals surface area contributed by atoms with E-state index in [1.54, 1.807) is 0 Å². The fraction of sp³-hybridized carbons (Fsp3) is 0.308. The van der Waals surface area contributed by atoms with Crippen molar-refractivity contribution < 1.29 is 0 Å². The van der Waals surface area contributed by atoms with Gasteiger partial charge in [0.2, 0.25) is 0 Å². The van der Waals surface area contributed by atoms with E-state index in [0.29, 0.717) is 5.92 Å². The van der Waals surface area contributed by atoms with E-state index < -0.39 is 0 Å². The molecule has 0 bridgehead atoms. The zero-order chi connectivity index (χ0) is 21.4. The summed E-state index contributed by atoms with van der Waals surface area (Å²) in [4.78, 5) is 9.76. The first-order valence-electron chi connectivity index (χ1n) is 10.9. The Labute approximate surface area is 182 Å². The SMILES string of the molecule is Cc1ccccc1-c1ccc(-c2cnn3c(C)cc(C4CCC(C#N)CC4)nc23)cn1. The normalized spacial score (nSPS) is 18.7. The Bertz CT molecular complexity index is 1270. The average molecular weight is 408 g/mol. The van der Waals surface area contributed by atoms with E-state index in [0.717, 1.165) is 65.1 Å². The number of nitrogens with zero attached hydrogens (tertiary/aromatic N) is 5. The van der Waals surface area contributed by atoms with Crippen molar-refractivity contribution in [1.29, 1.82) is 5.26 Å². The maximum Gasteiger partial charge on any atom is 0.163 e. The Morgan fingerprint density at radius 2 is 1.77 bits per heavy atom. The Balaban J connectivity index is 1.50. The Morgan fingerprint density at radius 1 is 0.968 bits per heavy atom. The summed E-state index contributed by atoms with van der Waals surface area (Å²) in [5, 5.41) is 13.8. The van der Waals surface area contributed by atoms with Gasteiger partial charge in [0.15, 0.2) is 5.65 Å². The molecule has 0 amide bonds. The predicted molar refractivity (Wildman–Crippen MR) is 121 cm³/mol. The van der Waals surface area contributed by atoms with Gasteiger partial charge in [-0.1, -0.05) is 30.3 Å². The molecular weight excluding hydrogens is 382 g/mol. The monoisotopic (exact) mass is 407 g/mol. The van der Waals surface area contributed by atoms with Crippen LogP contribution in [0.25, 0.3) is 28.0 Å². The van der Waals surface area contributed by atoms with E-state index in [4.69, 9.17) is 9.97 Å². The maximum atomic E-state index is 9.19. The Kier molecular flexibility index (Phi) is 4.99. The van der Waals surface area contributed by atoms with Gasteiger partial charge in [0, 0.05) is 46.1 Å². The quantitative estimate of drug-likeness (QED) is 0.426. The lowest BCUT2D eigenvalue weighted by molar-refractivity contribution is 0.377. The molecule has 5 heteroatoms. The summed E-state index contributed by atoms with van der Waals surface area (Å²) in [7, 11) is 0. The van der Waals surface area contributed by atoms with Crippen LogP contribution >= 0.6 is 0 Å². The van der Waals surface area contributed by atoms with E-state index in [9.17, 15) is 5.26 Å². The van der Waals surface area contributed by atoms with Gasteiger partial charge in [-0.2, -0.15) is 10.4 Å². The van der Waals surface area contributed by atoms with Crippen LogP contribution in [0.2, 0.25) is 0 Å². The van der Waals surface area contributed by atoms with Crippen molar-refractivity contribution in [1.82, 2.24) is 19.6 Å². The molecule has 0 saturated heterocycles. The van der Waals surface area contributed by atoms with E-state index >= 15 is 0 Å². The van der Waals surface area contributed by atoms with Crippen molar-refractivity contribution in [3.63, 3.8) is 0 Å². The zero-order valence-corrected chi connectivity index (χ0v) is 17.9. The topological polar surface area (TPSA) is 66.9 Å². The summed E-state index contributed by atoms with van der Waals surface area (Å²) in [5.74, 6) is 0.613. The Hall–Kier alpha value is -3.52. The van der Waals surface area contributed by atoms with Crippen molar-refractivity contribution >= 4 is 5.65 Å². The first-order valence-corrected chi connectivity index (χ1v) is 10.9. The lowest BCUT2D eigenvalue weighted by Crippen LogP contribution is -2.14. The second-order valence-corrected chi connectivity index (χ2v) is 8.54. The molecule has 4 aromatic rings. The van der Waals surface area contributed by atoms with Gasteiger partial charge >= 0.3 is 0 Å². The van der Waals surface area contributed by atoms with Crippen LogP contribution in [0.4, 0.5) is 0 Å². The Morgan fingerprint density at radius 3 is 2.48 bits per heavy atom. The van der Waals surface area contributed by atoms with Gasteiger partial charge in [0.25, 0.3) is 0 Å². The smallest absolute Gasteiger partial charge is 0.163 e. The molecule has 5 rings (SSSR count). The van der Waals surface area contributed by atoms with Gasteiger partial charge in [-0.15, -0.1) is 0 Å². The molecule has 0 spiro atoms. The first-order chi connectivity index (χ1) is 15.1. The number of nitriles is 1. The van der Waals surface area contributed by atoms with Crippen LogP contribution in [0.1, 0.15) is 48.6 Å². The summed E-state index contributed by atoms with van der Waals surface area (Å²) in [5.41, 5.74) is 8.43. The molecule has 3 aromatic heterocycles. The first kappa shape index (κ1) is 19.4. The van der Waals surface area contributed by atoms with Gasteiger partial charge in [0.05, 0.1) is 18.0 Å². The third kappa shape index (κ3) is 3.59. The number of aromatic nitrogens is 4. The van der Waals surface area contributed by atoms with E-state index in [2.05, 4.69) is 55.3 Å². The fourth-order valence-electron chi connectivity index (χ4n) is 4.64. The molecule has 0 atom stereocenters. The fourth-order valence-corrected chi connectivity index (χ4v) is 4.64. The molecular formula is C26H25N5. The molecule has 3 heterocycles. The summed E-state index contributed by atoms with van der Waals surface area (Å²) >= 11 is 0. The molecule has 1 fully saturated rings. The average Bonchev–Trinajstić information content (AvgIpc) is 3.24. The highest BCUT2D eigenvalue weighted by atomic mass is 15.3. The van der Waals surface area contributed by atoms with Crippen LogP contribution in [0.15, 0.2) is 54.9 Å². The van der Waals surface area contributed by atoms with Crippen LogP contribution in [-0.2, 0) is 0 Å². The van der Waals surface area contributed by atoms with Crippen molar-refractivity contribution in [3.05, 3.63) is 71.8 Å². The third-order valence-electron chi connectivity index (χ3n) is 6.49. The minimum Gasteiger partial charge on any atom is -0.256 e. The van der Waals surface area contributed by atoms with E-state index in [-0.39, 0.29) is 5.92 Å². The second-order valence-electron chi connectivity index (χ2n) is 8.54. The summed E-state index contributed by atoms with van der Waals surface area (Å²) in [6.07, 6.45) is 7.78. The molecule has 5 nitrogen and oxygen atoms in total. The van der Waals surface area contributed by atoms with Gasteiger partial charge in [0.1, 0.15) is 0 Å². The van der Waals surface area contributed by atoms with Crippen molar-refractivity contribution in [2.75, 3.05) is 0 Å². The third-order valence-corrected chi connectivity index (χ3v) is 6.49. The van der Waals surface area contributed by atoms with Crippen molar-refractivity contribution in [3.8, 4) is 28.5 Å². The highest BCUT2D eigenvalue weighted by molar-refractivity contribution is 5.78. The highest BCUT2D eigenvalue weighted by Crippen LogP contribution is 2.36. The van der Waals surface area contributed by atoms with Gasteiger partial charge in [-0.05, 0) is 57.2 Å². The molecule has 1 saturated carbocycles. The summed E-state index contributed by atoms with van der Waals surface area (Å²) < 4.78 is 1.91. The molecule has 0 radical (unpaired) electrons. The lowest BCUT2D eigenvalue weighted by Gasteiger charge is -2.24. The molecule has 1 aliphatic carbocycles. The van der Waals surface area contributed by atoms with Gasteiger partial charge in [-0.3, -0.25) is 4.98 Å². The molecule has 1 aliphatic rings. The number of rotatable bonds is 3. The molecule has 154 valence electrons. The standard InChI is InChI=1S/C26H25N5/c1-17-5-3-4-6-22(17)24-12-11-21(15-28-24)23-16-29-31-18(2)13-25(30-26(23)31)20-9-7-19(14-27)8-10-20/h3-6,11-13,15-16,19-20H,7-10H2,1-2H3. The minimum atomic E-state index is 0.199. The van der Waals surface area contributed by atoms with Gasteiger partial charge in [-0.25, -0.2) is 9.50 Å². The number of hydrogen-bond acceptors (Lipinski definition) is 4. The molecule has 1 aromatic carbocycles. The number of pyridine rings is 1. The number of hydrogen-bond donors (Lipinski definition) is 0. The number of aryl methyl sites for hydroxylation is 2. The molecule has 0 N–H and O–H groups in total. The van der Waals surface area contributed by atoms with Crippen molar-refractivity contribution in [2.24, 2.45) is 5.92 Å². The molecule has 0 unspecified atom stereocenters. The molecule has 31 heavy (non-hydrogen) atoms. The largest absolute Gasteiger partial charge is 0.256 e. The second kappa shape index (κ2) is 7.96. The van der Waals surface area contributed by atoms with Crippen LogP contribution in [0.5, 0.6) is 0 Å².